The standard InChI is InChI=1S/C17H21NO2S/c1-3-14(2)16-9-11-17(12-10-16)21(19,20)18-13-15-7-5-4-6-8-15/h4-12,14,18H,3,13H2,1-2H3/t14-/m0/s1. The Balaban J connectivity index is 2.09. The van der Waals surface area contributed by atoms with Crippen molar-refractivity contribution < 1.29 is 8.42 Å². The maximum Gasteiger partial charge on any atom is 0.240 e. The fraction of sp³-hybridized carbons (Fsp3) is 0.294. The van der Waals surface area contributed by atoms with Crippen molar-refractivity contribution in [2.24, 2.45) is 0 Å². The summed E-state index contributed by atoms with van der Waals surface area (Å²) in [6, 6.07) is 16.6. The fourth-order valence-electron chi connectivity index (χ4n) is 2.07. The molecule has 0 radical (unpaired) electrons. The van der Waals surface area contributed by atoms with Gasteiger partial charge in [0, 0.05) is 6.54 Å². The Bertz CT molecular complexity index is 664. The van der Waals surface area contributed by atoms with Crippen LogP contribution in [0.1, 0.15) is 37.3 Å². The first kappa shape index (κ1) is 15.7. The van der Waals surface area contributed by atoms with Gasteiger partial charge in [0.25, 0.3) is 0 Å². The monoisotopic (exact) mass is 303 g/mol. The van der Waals surface area contributed by atoms with Crippen molar-refractivity contribution in [3.63, 3.8) is 0 Å². The Kier molecular flexibility index (Phi) is 5.15. The molecule has 1 atom stereocenters. The molecule has 0 aliphatic carbocycles. The highest BCUT2D eigenvalue weighted by Gasteiger charge is 2.14. The molecule has 0 saturated heterocycles. The molecule has 112 valence electrons. The zero-order chi connectivity index (χ0) is 15.3. The van der Waals surface area contributed by atoms with E-state index in [1.54, 1.807) is 12.1 Å². The van der Waals surface area contributed by atoms with E-state index in [4.69, 9.17) is 0 Å². The summed E-state index contributed by atoms with van der Waals surface area (Å²) in [7, 11) is -3.46. The fourth-order valence-corrected chi connectivity index (χ4v) is 3.09. The number of benzene rings is 2. The summed E-state index contributed by atoms with van der Waals surface area (Å²) in [5, 5.41) is 0. The predicted octanol–water partition coefficient (Wildman–Crippen LogP) is 3.68. The zero-order valence-electron chi connectivity index (χ0n) is 12.4. The van der Waals surface area contributed by atoms with Crippen molar-refractivity contribution in [3.05, 3.63) is 65.7 Å². The molecule has 0 unspecified atom stereocenters. The first-order valence-corrected chi connectivity index (χ1v) is 8.65. The maximum atomic E-state index is 12.2. The molecule has 0 aliphatic heterocycles. The molecular weight excluding hydrogens is 282 g/mol. The molecule has 2 aromatic rings. The molecule has 3 nitrogen and oxygen atoms in total. The van der Waals surface area contributed by atoms with Gasteiger partial charge in [0.15, 0.2) is 0 Å². The molecule has 4 heteroatoms. The van der Waals surface area contributed by atoms with Crippen LogP contribution in [0.5, 0.6) is 0 Å². The van der Waals surface area contributed by atoms with E-state index in [2.05, 4.69) is 18.6 Å². The van der Waals surface area contributed by atoms with E-state index < -0.39 is 10.0 Å². The Morgan fingerprint density at radius 2 is 1.62 bits per heavy atom. The molecule has 0 bridgehead atoms. The highest BCUT2D eigenvalue weighted by atomic mass is 32.2. The Morgan fingerprint density at radius 1 is 1.00 bits per heavy atom. The third kappa shape index (κ3) is 4.16. The van der Waals surface area contributed by atoms with Crippen molar-refractivity contribution in [1.29, 1.82) is 0 Å². The van der Waals surface area contributed by atoms with Crippen LogP contribution < -0.4 is 4.72 Å². The van der Waals surface area contributed by atoms with Gasteiger partial charge < -0.3 is 0 Å². The first-order chi connectivity index (χ1) is 10.0. The van der Waals surface area contributed by atoms with Crippen molar-refractivity contribution in [2.45, 2.75) is 37.6 Å². The molecule has 0 aromatic heterocycles. The van der Waals surface area contributed by atoms with Gasteiger partial charge in [-0.15, -0.1) is 0 Å². The third-order valence-corrected chi connectivity index (χ3v) is 5.10. The van der Waals surface area contributed by atoms with E-state index in [0.717, 1.165) is 12.0 Å². The van der Waals surface area contributed by atoms with E-state index >= 15 is 0 Å². The topological polar surface area (TPSA) is 46.2 Å². The number of hydrogen-bond donors (Lipinski definition) is 1. The van der Waals surface area contributed by atoms with Gasteiger partial charge >= 0.3 is 0 Å². The molecule has 0 spiro atoms. The number of hydrogen-bond acceptors (Lipinski definition) is 2. The van der Waals surface area contributed by atoms with Crippen LogP contribution in [0.4, 0.5) is 0 Å². The smallest absolute Gasteiger partial charge is 0.207 e. The minimum Gasteiger partial charge on any atom is -0.207 e. The summed E-state index contributed by atoms with van der Waals surface area (Å²) in [4.78, 5) is 0.311. The van der Waals surface area contributed by atoms with Crippen LogP contribution in [-0.4, -0.2) is 8.42 Å². The lowest BCUT2D eigenvalue weighted by Gasteiger charge is -2.11. The minimum absolute atomic E-state index is 0.302. The highest BCUT2D eigenvalue weighted by molar-refractivity contribution is 7.89. The molecule has 0 aliphatic rings. The summed E-state index contributed by atoms with van der Waals surface area (Å²) >= 11 is 0. The second kappa shape index (κ2) is 6.87. The van der Waals surface area contributed by atoms with E-state index in [-0.39, 0.29) is 0 Å². The summed E-state index contributed by atoms with van der Waals surface area (Å²) in [6.07, 6.45) is 1.04. The minimum atomic E-state index is -3.46. The lowest BCUT2D eigenvalue weighted by Crippen LogP contribution is -2.23. The van der Waals surface area contributed by atoms with Gasteiger partial charge in [-0.25, -0.2) is 13.1 Å². The van der Waals surface area contributed by atoms with Crippen LogP contribution in [-0.2, 0) is 16.6 Å². The Hall–Kier alpha value is -1.65. The molecule has 1 N–H and O–H groups in total. The number of sulfonamides is 1. The normalized spacial score (nSPS) is 13.0. The van der Waals surface area contributed by atoms with Gasteiger partial charge in [0.1, 0.15) is 0 Å². The molecule has 0 amide bonds. The van der Waals surface area contributed by atoms with Crippen molar-refractivity contribution in [2.75, 3.05) is 0 Å². The van der Waals surface area contributed by atoms with Crippen molar-refractivity contribution >= 4 is 10.0 Å². The molecule has 0 fully saturated rings. The molecular formula is C17H21NO2S. The number of nitrogens with one attached hydrogen (secondary N) is 1. The Labute approximate surface area is 127 Å². The van der Waals surface area contributed by atoms with Gasteiger partial charge in [-0.3, -0.25) is 0 Å². The lowest BCUT2D eigenvalue weighted by molar-refractivity contribution is 0.581. The molecule has 2 rings (SSSR count). The summed E-state index contributed by atoms with van der Waals surface area (Å²) in [5.74, 6) is 0.444. The van der Waals surface area contributed by atoms with Crippen molar-refractivity contribution in [1.82, 2.24) is 4.72 Å². The number of rotatable bonds is 6. The summed E-state index contributed by atoms with van der Waals surface area (Å²) in [6.45, 7) is 4.56. The quantitative estimate of drug-likeness (QED) is 0.885. The van der Waals surface area contributed by atoms with Crippen LogP contribution in [0.15, 0.2) is 59.5 Å². The van der Waals surface area contributed by atoms with Crippen LogP contribution in [0.25, 0.3) is 0 Å². The molecule has 0 saturated carbocycles. The average molecular weight is 303 g/mol. The van der Waals surface area contributed by atoms with Crippen molar-refractivity contribution in [3.8, 4) is 0 Å². The molecule has 2 aromatic carbocycles. The van der Waals surface area contributed by atoms with Crippen LogP contribution in [0.3, 0.4) is 0 Å². The third-order valence-electron chi connectivity index (χ3n) is 3.68. The highest BCUT2D eigenvalue weighted by Crippen LogP contribution is 2.20. The van der Waals surface area contributed by atoms with Gasteiger partial charge in [-0.05, 0) is 35.6 Å². The van der Waals surface area contributed by atoms with E-state index in [9.17, 15) is 8.42 Å². The van der Waals surface area contributed by atoms with Crippen LogP contribution in [0.2, 0.25) is 0 Å². The largest absolute Gasteiger partial charge is 0.240 e. The second-order valence-corrected chi connectivity index (χ2v) is 6.96. The maximum absolute atomic E-state index is 12.2. The van der Waals surface area contributed by atoms with E-state index in [0.29, 0.717) is 17.4 Å². The lowest BCUT2D eigenvalue weighted by atomic mass is 9.99. The van der Waals surface area contributed by atoms with Gasteiger partial charge in [0.05, 0.1) is 4.90 Å². The average Bonchev–Trinajstić information content (AvgIpc) is 2.53. The first-order valence-electron chi connectivity index (χ1n) is 7.16. The SMILES string of the molecule is CC[C@H](C)c1ccc(S(=O)(=O)NCc2ccccc2)cc1. The van der Waals surface area contributed by atoms with E-state index in [1.165, 1.54) is 5.56 Å². The van der Waals surface area contributed by atoms with Gasteiger partial charge in [0.2, 0.25) is 10.0 Å². The zero-order valence-corrected chi connectivity index (χ0v) is 13.2. The van der Waals surface area contributed by atoms with Gasteiger partial charge in [-0.1, -0.05) is 56.3 Å². The second-order valence-electron chi connectivity index (χ2n) is 5.19. The van der Waals surface area contributed by atoms with Crippen LogP contribution in [0, 0.1) is 0 Å². The van der Waals surface area contributed by atoms with Crippen LogP contribution >= 0.6 is 0 Å². The molecule has 21 heavy (non-hydrogen) atoms. The van der Waals surface area contributed by atoms with Gasteiger partial charge in [-0.2, -0.15) is 0 Å². The van der Waals surface area contributed by atoms with E-state index in [1.807, 2.05) is 42.5 Å². The Morgan fingerprint density at radius 3 is 2.19 bits per heavy atom. The molecule has 0 heterocycles. The predicted molar refractivity (Wildman–Crippen MR) is 85.6 cm³/mol. The summed E-state index contributed by atoms with van der Waals surface area (Å²) < 4.78 is 27.1. The summed E-state index contributed by atoms with van der Waals surface area (Å²) in [5.41, 5.74) is 2.11.